The van der Waals surface area contributed by atoms with Gasteiger partial charge in [0.15, 0.2) is 11.5 Å². The largest absolute Gasteiger partial charge is 0.413 e. The van der Waals surface area contributed by atoms with E-state index in [-0.39, 0.29) is 16.7 Å². The molecule has 1 amide bonds. The highest BCUT2D eigenvalue weighted by molar-refractivity contribution is 9.09. The van der Waals surface area contributed by atoms with Crippen molar-refractivity contribution in [1.29, 1.82) is 0 Å². The van der Waals surface area contributed by atoms with Crippen LogP contribution in [-0.2, 0) is 0 Å². The third-order valence-corrected chi connectivity index (χ3v) is 2.34. The molecule has 1 rings (SSSR count). The van der Waals surface area contributed by atoms with Crippen molar-refractivity contribution in [2.24, 2.45) is 0 Å². The average Bonchev–Trinajstić information content (AvgIpc) is 2.26. The molecule has 0 fully saturated rings. The molecule has 6 heteroatoms. The Morgan fingerprint density at radius 2 is 2.06 bits per heavy atom. The van der Waals surface area contributed by atoms with Crippen LogP contribution in [0.25, 0.3) is 0 Å². The molecule has 0 spiro atoms. The average molecular weight is 315 g/mol. The summed E-state index contributed by atoms with van der Waals surface area (Å²) in [5.74, 6) is 0.170. The van der Waals surface area contributed by atoms with Crippen LogP contribution in [0.4, 0.5) is 4.79 Å². The fourth-order valence-electron chi connectivity index (χ4n) is 1.11. The minimum atomic E-state index is -0.552. The van der Waals surface area contributed by atoms with Gasteiger partial charge in [0.25, 0.3) is 0 Å². The van der Waals surface area contributed by atoms with Crippen LogP contribution in [0.5, 0.6) is 5.75 Å². The van der Waals surface area contributed by atoms with Crippen LogP contribution >= 0.6 is 15.9 Å². The quantitative estimate of drug-likeness (QED) is 0.687. The van der Waals surface area contributed by atoms with Crippen LogP contribution in [0.15, 0.2) is 18.3 Å². The van der Waals surface area contributed by atoms with Crippen molar-refractivity contribution < 1.29 is 14.3 Å². The standard InChI is InChI=1S/C12H15BrN2O3/c1-12(2,3)15-11(17)18-8-4-5-9(14-7-8)10(16)6-13/h4-5,7H,6H2,1-3H3,(H,15,17). The SMILES string of the molecule is CC(C)(C)NC(=O)Oc1ccc(C(=O)CBr)nc1. The zero-order valence-electron chi connectivity index (χ0n) is 10.5. The number of rotatable bonds is 3. The van der Waals surface area contributed by atoms with Crippen molar-refractivity contribution in [3.8, 4) is 5.75 Å². The second-order valence-corrected chi connectivity index (χ2v) is 5.26. The smallest absolute Gasteiger partial charge is 0.409 e. The van der Waals surface area contributed by atoms with Crippen molar-refractivity contribution >= 4 is 27.8 Å². The van der Waals surface area contributed by atoms with Gasteiger partial charge in [0.2, 0.25) is 0 Å². The highest BCUT2D eigenvalue weighted by Gasteiger charge is 2.15. The molecule has 0 aliphatic carbocycles. The van der Waals surface area contributed by atoms with Crippen LogP contribution in [0.1, 0.15) is 31.3 Å². The maximum absolute atomic E-state index is 11.5. The van der Waals surface area contributed by atoms with Crippen molar-refractivity contribution in [2.75, 3.05) is 5.33 Å². The molecule has 5 nitrogen and oxygen atoms in total. The fraction of sp³-hybridized carbons (Fsp3) is 0.417. The van der Waals surface area contributed by atoms with Crippen LogP contribution in [0.2, 0.25) is 0 Å². The monoisotopic (exact) mass is 314 g/mol. The van der Waals surface area contributed by atoms with E-state index in [2.05, 4.69) is 26.2 Å². The van der Waals surface area contributed by atoms with E-state index in [1.807, 2.05) is 20.8 Å². The number of Topliss-reactive ketones (excluding diaryl/α,β-unsaturated/α-hetero) is 1. The summed E-state index contributed by atoms with van der Waals surface area (Å²) in [5.41, 5.74) is -0.0356. The molecule has 0 aliphatic rings. The Hall–Kier alpha value is -1.43. The molecule has 1 aromatic rings. The van der Waals surface area contributed by atoms with Crippen molar-refractivity contribution in [3.63, 3.8) is 0 Å². The van der Waals surface area contributed by atoms with Gasteiger partial charge < -0.3 is 10.1 Å². The normalized spacial score (nSPS) is 10.9. The molecule has 0 radical (unpaired) electrons. The molecule has 1 N–H and O–H groups in total. The molecule has 98 valence electrons. The summed E-state index contributed by atoms with van der Waals surface area (Å²) in [7, 11) is 0. The molecule has 0 saturated heterocycles. The number of carbonyl (C=O) groups is 2. The molecule has 0 aliphatic heterocycles. The van der Waals surface area contributed by atoms with Gasteiger partial charge in [-0.1, -0.05) is 15.9 Å². The Balaban J connectivity index is 2.64. The van der Waals surface area contributed by atoms with Crippen molar-refractivity contribution in [1.82, 2.24) is 10.3 Å². The Kier molecular flexibility index (Phi) is 4.84. The first-order valence-corrected chi connectivity index (χ1v) is 6.49. The summed E-state index contributed by atoms with van der Waals surface area (Å²) in [5, 5.41) is 2.87. The first-order chi connectivity index (χ1) is 8.31. The lowest BCUT2D eigenvalue weighted by Gasteiger charge is -2.19. The van der Waals surface area contributed by atoms with Crippen LogP contribution in [0.3, 0.4) is 0 Å². The van der Waals surface area contributed by atoms with Crippen molar-refractivity contribution in [3.05, 3.63) is 24.0 Å². The summed E-state index contributed by atoms with van der Waals surface area (Å²) in [4.78, 5) is 26.7. The van der Waals surface area contributed by atoms with E-state index >= 15 is 0 Å². The lowest BCUT2D eigenvalue weighted by atomic mass is 10.1. The Morgan fingerprint density at radius 1 is 1.39 bits per heavy atom. The van der Waals surface area contributed by atoms with E-state index < -0.39 is 6.09 Å². The van der Waals surface area contributed by atoms with Crippen LogP contribution in [-0.4, -0.2) is 27.7 Å². The van der Waals surface area contributed by atoms with Crippen molar-refractivity contribution in [2.45, 2.75) is 26.3 Å². The van der Waals surface area contributed by atoms with Gasteiger partial charge >= 0.3 is 6.09 Å². The summed E-state index contributed by atoms with van der Waals surface area (Å²) >= 11 is 3.06. The number of hydrogen-bond donors (Lipinski definition) is 1. The van der Waals surface area contributed by atoms with E-state index in [0.29, 0.717) is 11.4 Å². The summed E-state index contributed by atoms with van der Waals surface area (Å²) in [6.07, 6.45) is 0.793. The van der Waals surface area contributed by atoms with Gasteiger partial charge in [-0.05, 0) is 32.9 Å². The number of aromatic nitrogens is 1. The molecule has 0 aromatic carbocycles. The highest BCUT2D eigenvalue weighted by atomic mass is 79.9. The number of hydrogen-bond acceptors (Lipinski definition) is 4. The van der Waals surface area contributed by atoms with E-state index in [1.165, 1.54) is 18.3 Å². The molecule has 0 atom stereocenters. The first-order valence-electron chi connectivity index (χ1n) is 5.37. The number of nitrogens with one attached hydrogen (secondary N) is 1. The summed E-state index contributed by atoms with van der Waals surface area (Å²) in [6, 6.07) is 3.05. The lowest BCUT2D eigenvalue weighted by Crippen LogP contribution is -2.42. The van der Waals surface area contributed by atoms with E-state index in [4.69, 9.17) is 4.74 Å². The number of alkyl halides is 1. The second-order valence-electron chi connectivity index (χ2n) is 4.70. The maximum Gasteiger partial charge on any atom is 0.413 e. The van der Waals surface area contributed by atoms with Gasteiger partial charge in [-0.15, -0.1) is 0 Å². The minimum Gasteiger partial charge on any atom is -0.409 e. The van der Waals surface area contributed by atoms with Crippen LogP contribution in [0, 0.1) is 0 Å². The van der Waals surface area contributed by atoms with Crippen LogP contribution < -0.4 is 10.1 Å². The van der Waals surface area contributed by atoms with E-state index in [1.54, 1.807) is 0 Å². The molecule has 0 unspecified atom stereocenters. The Labute approximate surface area is 114 Å². The second kappa shape index (κ2) is 5.95. The third kappa shape index (κ3) is 4.83. The van der Waals surface area contributed by atoms with Gasteiger partial charge in [-0.2, -0.15) is 0 Å². The fourth-order valence-corrected chi connectivity index (χ4v) is 1.40. The lowest BCUT2D eigenvalue weighted by molar-refractivity contribution is 0.101. The predicted octanol–water partition coefficient (Wildman–Crippen LogP) is 2.55. The molecule has 1 aromatic heterocycles. The third-order valence-electron chi connectivity index (χ3n) is 1.83. The number of carbonyl (C=O) groups excluding carboxylic acids is 2. The van der Waals surface area contributed by atoms with E-state index in [9.17, 15) is 9.59 Å². The van der Waals surface area contributed by atoms with Gasteiger partial charge in [0.1, 0.15) is 5.69 Å². The molecule has 1 heterocycles. The predicted molar refractivity (Wildman–Crippen MR) is 71.3 cm³/mol. The minimum absolute atomic E-state index is 0.124. The highest BCUT2D eigenvalue weighted by Crippen LogP contribution is 2.11. The number of ketones is 1. The Morgan fingerprint density at radius 3 is 2.50 bits per heavy atom. The summed E-state index contributed by atoms with van der Waals surface area (Å²) < 4.78 is 5.02. The molecule has 0 bridgehead atoms. The van der Waals surface area contributed by atoms with Gasteiger partial charge in [-0.3, -0.25) is 4.79 Å². The first kappa shape index (κ1) is 14.6. The number of amides is 1. The summed E-state index contributed by atoms with van der Waals surface area (Å²) in [6.45, 7) is 5.55. The zero-order chi connectivity index (χ0) is 13.8. The molecular formula is C12H15BrN2O3. The number of pyridine rings is 1. The number of nitrogens with zero attached hydrogens (tertiary/aromatic N) is 1. The van der Waals surface area contributed by atoms with Gasteiger partial charge in [-0.25, -0.2) is 9.78 Å². The number of ether oxygens (including phenoxy) is 1. The topological polar surface area (TPSA) is 68.3 Å². The van der Waals surface area contributed by atoms with E-state index in [0.717, 1.165) is 0 Å². The molecule has 0 saturated carbocycles. The molecule has 18 heavy (non-hydrogen) atoms. The van der Waals surface area contributed by atoms with Gasteiger partial charge in [0.05, 0.1) is 11.5 Å². The molecular weight excluding hydrogens is 300 g/mol. The zero-order valence-corrected chi connectivity index (χ0v) is 12.1. The number of halogens is 1. The van der Waals surface area contributed by atoms with Gasteiger partial charge in [0, 0.05) is 5.54 Å². The Bertz CT molecular complexity index is 438. The maximum atomic E-state index is 11.5.